The van der Waals surface area contributed by atoms with E-state index < -0.39 is 11.6 Å². The summed E-state index contributed by atoms with van der Waals surface area (Å²) >= 11 is 0. The molecule has 0 spiro atoms. The lowest BCUT2D eigenvalue weighted by molar-refractivity contribution is 0.460. The molecule has 0 radical (unpaired) electrons. The molecule has 3 rings (SSSR count). The molecular weight excluding hydrogens is 240 g/mol. The van der Waals surface area contributed by atoms with Gasteiger partial charge in [-0.05, 0) is 24.3 Å². The van der Waals surface area contributed by atoms with Crippen LogP contribution in [0, 0.1) is 11.6 Å². The number of halogens is 2. The Balaban J connectivity index is 1.98. The third kappa shape index (κ3) is 1.77. The van der Waals surface area contributed by atoms with Gasteiger partial charge in [-0.1, -0.05) is 5.16 Å². The number of pyridine rings is 1. The zero-order valence-electron chi connectivity index (χ0n) is 9.02. The smallest absolute Gasteiger partial charge is 0.200 e. The number of nitrogens with one attached hydrogen (secondary N) is 1. The van der Waals surface area contributed by atoms with E-state index in [1.54, 1.807) is 18.3 Å². The molecule has 1 N–H and O–H groups in total. The summed E-state index contributed by atoms with van der Waals surface area (Å²) in [5.41, 5.74) is 1.42. The maximum Gasteiger partial charge on any atom is 0.200 e. The van der Waals surface area contributed by atoms with Crippen LogP contribution in [-0.2, 0) is 0 Å². The fourth-order valence-corrected chi connectivity index (χ4v) is 1.57. The standard InChI is InChI=1S/C12H7F2N3O/c13-8-4-3-7(6-9(8)14)16-12-11-10(18-17-12)2-1-5-15-11/h1-6H,(H,16,17). The molecule has 0 bridgehead atoms. The van der Waals surface area contributed by atoms with E-state index in [-0.39, 0.29) is 0 Å². The summed E-state index contributed by atoms with van der Waals surface area (Å²) in [5.74, 6) is -1.47. The molecule has 0 aliphatic rings. The average Bonchev–Trinajstić information content (AvgIpc) is 2.78. The molecule has 1 aromatic carbocycles. The van der Waals surface area contributed by atoms with Crippen molar-refractivity contribution in [2.45, 2.75) is 0 Å². The van der Waals surface area contributed by atoms with Crippen molar-refractivity contribution in [2.24, 2.45) is 0 Å². The fourth-order valence-electron chi connectivity index (χ4n) is 1.57. The SMILES string of the molecule is Fc1ccc(Nc2noc3cccnc23)cc1F. The molecule has 90 valence electrons. The molecule has 0 atom stereocenters. The van der Waals surface area contributed by atoms with E-state index >= 15 is 0 Å². The maximum atomic E-state index is 13.0. The van der Waals surface area contributed by atoms with Gasteiger partial charge in [0.05, 0.1) is 0 Å². The molecular formula is C12H7F2N3O. The number of hydrogen-bond donors (Lipinski definition) is 1. The average molecular weight is 247 g/mol. The molecule has 2 heterocycles. The second-order valence-corrected chi connectivity index (χ2v) is 3.64. The van der Waals surface area contributed by atoms with Crippen LogP contribution in [0.4, 0.5) is 20.3 Å². The van der Waals surface area contributed by atoms with Crippen molar-refractivity contribution < 1.29 is 13.3 Å². The zero-order valence-corrected chi connectivity index (χ0v) is 9.02. The van der Waals surface area contributed by atoms with Gasteiger partial charge in [0, 0.05) is 18.0 Å². The largest absolute Gasteiger partial charge is 0.352 e. The van der Waals surface area contributed by atoms with Crippen LogP contribution in [0.15, 0.2) is 41.1 Å². The van der Waals surface area contributed by atoms with Crippen LogP contribution in [0.5, 0.6) is 0 Å². The first-order valence-electron chi connectivity index (χ1n) is 5.16. The van der Waals surface area contributed by atoms with Crippen LogP contribution >= 0.6 is 0 Å². The Morgan fingerprint density at radius 1 is 1.11 bits per heavy atom. The minimum atomic E-state index is -0.930. The molecule has 0 saturated heterocycles. The summed E-state index contributed by atoms with van der Waals surface area (Å²) in [5, 5.41) is 6.60. The predicted molar refractivity (Wildman–Crippen MR) is 61.4 cm³/mol. The highest BCUT2D eigenvalue weighted by atomic mass is 19.2. The van der Waals surface area contributed by atoms with Crippen LogP contribution in [0.25, 0.3) is 11.1 Å². The molecule has 0 fully saturated rings. The lowest BCUT2D eigenvalue weighted by atomic mass is 10.3. The highest BCUT2D eigenvalue weighted by Crippen LogP contribution is 2.24. The first-order chi connectivity index (χ1) is 8.74. The maximum absolute atomic E-state index is 13.0. The van der Waals surface area contributed by atoms with Crippen molar-refractivity contribution in [3.8, 4) is 0 Å². The number of rotatable bonds is 2. The summed E-state index contributed by atoms with van der Waals surface area (Å²) in [6.45, 7) is 0. The lowest BCUT2D eigenvalue weighted by Crippen LogP contribution is -1.93. The minimum Gasteiger partial charge on any atom is -0.352 e. The number of fused-ring (bicyclic) bond motifs is 1. The van der Waals surface area contributed by atoms with Gasteiger partial charge in [0.25, 0.3) is 0 Å². The van der Waals surface area contributed by atoms with Crippen molar-refractivity contribution >= 4 is 22.6 Å². The molecule has 6 heteroatoms. The molecule has 0 saturated carbocycles. The summed E-state index contributed by atoms with van der Waals surface area (Å²) in [7, 11) is 0. The normalized spacial score (nSPS) is 10.8. The van der Waals surface area contributed by atoms with Crippen molar-refractivity contribution in [3.63, 3.8) is 0 Å². The van der Waals surface area contributed by atoms with E-state index in [9.17, 15) is 8.78 Å². The fraction of sp³-hybridized carbons (Fsp3) is 0. The second kappa shape index (κ2) is 4.06. The molecule has 4 nitrogen and oxygen atoms in total. The van der Waals surface area contributed by atoms with E-state index in [1.165, 1.54) is 6.07 Å². The van der Waals surface area contributed by atoms with Gasteiger partial charge < -0.3 is 9.84 Å². The number of nitrogens with zero attached hydrogens (tertiary/aromatic N) is 2. The molecule has 0 unspecified atom stereocenters. The Morgan fingerprint density at radius 3 is 2.83 bits per heavy atom. The molecule has 0 aliphatic heterocycles. The van der Waals surface area contributed by atoms with Gasteiger partial charge in [0.1, 0.15) is 0 Å². The molecule has 0 amide bonds. The Labute approximate surface area is 100 Å². The van der Waals surface area contributed by atoms with Crippen LogP contribution in [-0.4, -0.2) is 10.1 Å². The lowest BCUT2D eigenvalue weighted by Gasteiger charge is -2.02. The summed E-state index contributed by atoms with van der Waals surface area (Å²) in [4.78, 5) is 4.09. The quantitative estimate of drug-likeness (QED) is 0.755. The van der Waals surface area contributed by atoms with E-state index in [0.717, 1.165) is 12.1 Å². The highest BCUT2D eigenvalue weighted by molar-refractivity contribution is 5.85. The van der Waals surface area contributed by atoms with Gasteiger partial charge in [-0.25, -0.2) is 13.8 Å². The van der Waals surface area contributed by atoms with Crippen LogP contribution in [0.3, 0.4) is 0 Å². The van der Waals surface area contributed by atoms with E-state index in [1.807, 2.05) is 0 Å². The zero-order chi connectivity index (χ0) is 12.5. The summed E-state index contributed by atoms with van der Waals surface area (Å²) < 4.78 is 30.9. The van der Waals surface area contributed by atoms with Crippen molar-refractivity contribution in [2.75, 3.05) is 5.32 Å². The number of aromatic nitrogens is 2. The Bertz CT molecular complexity index is 711. The Kier molecular flexibility index (Phi) is 2.40. The van der Waals surface area contributed by atoms with Gasteiger partial charge >= 0.3 is 0 Å². The van der Waals surface area contributed by atoms with Crippen LogP contribution in [0.1, 0.15) is 0 Å². The van der Waals surface area contributed by atoms with Gasteiger partial charge in [-0.2, -0.15) is 0 Å². The Morgan fingerprint density at radius 2 is 2.00 bits per heavy atom. The monoisotopic (exact) mass is 247 g/mol. The van der Waals surface area contributed by atoms with E-state index in [2.05, 4.69) is 15.5 Å². The van der Waals surface area contributed by atoms with Gasteiger partial charge in [-0.15, -0.1) is 0 Å². The van der Waals surface area contributed by atoms with Gasteiger partial charge in [0.15, 0.2) is 28.6 Å². The number of benzene rings is 1. The summed E-state index contributed by atoms with van der Waals surface area (Å²) in [6.07, 6.45) is 1.59. The third-order valence-corrected chi connectivity index (χ3v) is 2.41. The van der Waals surface area contributed by atoms with Crippen molar-refractivity contribution in [3.05, 3.63) is 48.2 Å². The van der Waals surface area contributed by atoms with Gasteiger partial charge in [0.2, 0.25) is 0 Å². The summed E-state index contributed by atoms with van der Waals surface area (Å²) in [6, 6.07) is 6.91. The van der Waals surface area contributed by atoms with Crippen molar-refractivity contribution in [1.82, 2.24) is 10.1 Å². The number of hydrogen-bond acceptors (Lipinski definition) is 4. The molecule has 2 aromatic heterocycles. The first kappa shape index (κ1) is 10.6. The van der Waals surface area contributed by atoms with E-state index in [0.29, 0.717) is 22.6 Å². The van der Waals surface area contributed by atoms with Crippen molar-refractivity contribution in [1.29, 1.82) is 0 Å². The molecule has 0 aliphatic carbocycles. The molecule has 18 heavy (non-hydrogen) atoms. The highest BCUT2D eigenvalue weighted by Gasteiger charge is 2.10. The number of anilines is 2. The predicted octanol–water partition coefficient (Wildman–Crippen LogP) is 3.24. The Hall–Kier alpha value is -2.50. The topological polar surface area (TPSA) is 51.0 Å². The first-order valence-corrected chi connectivity index (χ1v) is 5.16. The van der Waals surface area contributed by atoms with Gasteiger partial charge in [-0.3, -0.25) is 0 Å². The third-order valence-electron chi connectivity index (χ3n) is 2.41. The minimum absolute atomic E-state index is 0.358. The van der Waals surface area contributed by atoms with Crippen LogP contribution in [0.2, 0.25) is 0 Å². The van der Waals surface area contributed by atoms with Crippen LogP contribution < -0.4 is 5.32 Å². The second-order valence-electron chi connectivity index (χ2n) is 3.64. The molecule has 3 aromatic rings. The van der Waals surface area contributed by atoms with E-state index in [4.69, 9.17) is 4.52 Å².